The number of furan rings is 1. The average Bonchev–Trinajstić information content (AvgIpc) is 3.04. The Hall–Kier alpha value is -2.84. The van der Waals surface area contributed by atoms with Crippen LogP contribution in [0, 0.1) is 6.92 Å². The third-order valence-electron chi connectivity index (χ3n) is 5.32. The maximum absolute atomic E-state index is 6.26. The molecule has 1 heterocycles. The molecule has 0 saturated carbocycles. The molecule has 1 unspecified atom stereocenters. The lowest BCUT2D eigenvalue weighted by Gasteiger charge is -2.17. The Morgan fingerprint density at radius 1 is 1.11 bits per heavy atom. The van der Waals surface area contributed by atoms with E-state index in [9.17, 15) is 0 Å². The standard InChI is InChI=1S/C26H26OSi/c1-18(2)17-24(26-19(3)23-11-7-8-12-25(23)27-26)20-13-15-22(16-14-20)28-21-9-5-4-6-10-21/h4-15,17,22H,1,16,28H2,2-3H3/b24-17-. The highest BCUT2D eigenvalue weighted by atomic mass is 28.2. The van der Waals surface area contributed by atoms with Gasteiger partial charge >= 0.3 is 0 Å². The summed E-state index contributed by atoms with van der Waals surface area (Å²) in [5, 5.41) is 2.71. The minimum Gasteiger partial charge on any atom is -0.456 e. The van der Waals surface area contributed by atoms with Crippen molar-refractivity contribution in [1.29, 1.82) is 0 Å². The van der Waals surface area contributed by atoms with E-state index in [0.717, 1.165) is 28.9 Å². The highest BCUT2D eigenvalue weighted by molar-refractivity contribution is 6.55. The minimum atomic E-state index is -0.309. The summed E-state index contributed by atoms with van der Waals surface area (Å²) in [4.78, 5) is 0. The van der Waals surface area contributed by atoms with Crippen molar-refractivity contribution in [3.8, 4) is 0 Å². The van der Waals surface area contributed by atoms with Gasteiger partial charge in [-0.15, -0.1) is 0 Å². The highest BCUT2D eigenvalue weighted by Crippen LogP contribution is 2.36. The van der Waals surface area contributed by atoms with Crippen molar-refractivity contribution in [1.82, 2.24) is 0 Å². The molecule has 0 fully saturated rings. The third-order valence-corrected chi connectivity index (χ3v) is 7.39. The van der Waals surface area contributed by atoms with Gasteiger partial charge in [0, 0.05) is 16.5 Å². The molecule has 3 aromatic rings. The summed E-state index contributed by atoms with van der Waals surface area (Å²) < 4.78 is 6.26. The zero-order chi connectivity index (χ0) is 19.5. The van der Waals surface area contributed by atoms with Crippen LogP contribution in [-0.4, -0.2) is 9.52 Å². The molecule has 1 aliphatic carbocycles. The molecule has 0 radical (unpaired) electrons. The van der Waals surface area contributed by atoms with E-state index in [1.165, 1.54) is 21.7 Å². The first-order valence-electron chi connectivity index (χ1n) is 9.90. The van der Waals surface area contributed by atoms with Gasteiger partial charge in [0.25, 0.3) is 0 Å². The van der Waals surface area contributed by atoms with Crippen LogP contribution in [0.3, 0.4) is 0 Å². The smallest absolute Gasteiger partial charge is 0.138 e. The average molecular weight is 383 g/mol. The summed E-state index contributed by atoms with van der Waals surface area (Å²) in [5.74, 6) is 0.957. The predicted molar refractivity (Wildman–Crippen MR) is 124 cm³/mol. The largest absolute Gasteiger partial charge is 0.456 e. The van der Waals surface area contributed by atoms with Crippen LogP contribution in [-0.2, 0) is 0 Å². The van der Waals surface area contributed by atoms with E-state index < -0.39 is 0 Å². The van der Waals surface area contributed by atoms with Crippen LogP contribution in [0.4, 0.5) is 0 Å². The van der Waals surface area contributed by atoms with Gasteiger partial charge in [-0.25, -0.2) is 0 Å². The molecule has 28 heavy (non-hydrogen) atoms. The summed E-state index contributed by atoms with van der Waals surface area (Å²) in [6.07, 6.45) is 10.3. The Kier molecular flexibility index (Phi) is 5.31. The molecule has 0 aliphatic heterocycles. The zero-order valence-electron chi connectivity index (χ0n) is 16.6. The molecule has 0 N–H and O–H groups in total. The Bertz CT molecular complexity index is 1100. The first-order chi connectivity index (χ1) is 13.6. The fraction of sp³-hybridized carbons (Fsp3) is 0.154. The van der Waals surface area contributed by atoms with Gasteiger partial charge < -0.3 is 4.42 Å². The van der Waals surface area contributed by atoms with E-state index in [1.54, 1.807) is 0 Å². The van der Waals surface area contributed by atoms with Crippen LogP contribution < -0.4 is 5.19 Å². The molecular formula is C26H26OSi. The van der Waals surface area contributed by atoms with Crippen molar-refractivity contribution < 1.29 is 4.42 Å². The van der Waals surface area contributed by atoms with Crippen LogP contribution in [0.15, 0.2) is 101 Å². The second-order valence-electron chi connectivity index (χ2n) is 7.66. The first-order valence-corrected chi connectivity index (χ1v) is 11.4. The molecule has 0 saturated heterocycles. The van der Waals surface area contributed by atoms with Crippen molar-refractivity contribution in [3.05, 3.63) is 108 Å². The van der Waals surface area contributed by atoms with Gasteiger partial charge in [0.1, 0.15) is 11.3 Å². The lowest BCUT2D eigenvalue weighted by atomic mass is 9.94. The van der Waals surface area contributed by atoms with E-state index in [2.05, 4.69) is 80.3 Å². The fourth-order valence-corrected chi connectivity index (χ4v) is 5.65. The van der Waals surface area contributed by atoms with Crippen LogP contribution in [0.1, 0.15) is 24.7 Å². The van der Waals surface area contributed by atoms with Crippen molar-refractivity contribution in [2.75, 3.05) is 0 Å². The number of aryl methyl sites for hydroxylation is 1. The van der Waals surface area contributed by atoms with Crippen LogP contribution >= 0.6 is 0 Å². The van der Waals surface area contributed by atoms with Crippen molar-refractivity contribution in [2.45, 2.75) is 25.8 Å². The summed E-state index contributed by atoms with van der Waals surface area (Å²) in [6.45, 7) is 8.29. The molecule has 4 rings (SSSR count). The molecule has 0 amide bonds. The molecule has 1 aliphatic rings. The van der Waals surface area contributed by atoms with E-state index >= 15 is 0 Å². The van der Waals surface area contributed by atoms with Crippen molar-refractivity contribution in [3.63, 3.8) is 0 Å². The molecule has 0 bridgehead atoms. The quantitative estimate of drug-likeness (QED) is 0.397. The number of hydrogen-bond donors (Lipinski definition) is 0. The van der Waals surface area contributed by atoms with Gasteiger partial charge in [0.2, 0.25) is 0 Å². The molecule has 1 aromatic heterocycles. The van der Waals surface area contributed by atoms with Crippen molar-refractivity contribution in [2.24, 2.45) is 0 Å². The fourth-order valence-electron chi connectivity index (χ4n) is 3.89. The SMILES string of the molecule is C=C(C)/C=C(/C1=CCC([SiH2]c2ccccc2)C=C1)c1oc2ccccc2c1C. The lowest BCUT2D eigenvalue weighted by Crippen LogP contribution is -2.18. The molecule has 2 aromatic carbocycles. The van der Waals surface area contributed by atoms with Crippen LogP contribution in [0.5, 0.6) is 0 Å². The Labute approximate surface area is 169 Å². The minimum absolute atomic E-state index is 0.309. The Balaban J connectivity index is 1.63. The summed E-state index contributed by atoms with van der Waals surface area (Å²) >= 11 is 0. The lowest BCUT2D eigenvalue weighted by molar-refractivity contribution is 0.597. The second-order valence-corrected chi connectivity index (χ2v) is 9.93. The van der Waals surface area contributed by atoms with Crippen LogP contribution in [0.25, 0.3) is 16.5 Å². The summed E-state index contributed by atoms with van der Waals surface area (Å²) in [5.41, 5.74) is 6.22. The molecule has 2 heteroatoms. The van der Waals surface area contributed by atoms with E-state index in [0.29, 0.717) is 5.54 Å². The number of benzene rings is 2. The highest BCUT2D eigenvalue weighted by Gasteiger charge is 2.19. The zero-order valence-corrected chi connectivity index (χ0v) is 18.0. The van der Waals surface area contributed by atoms with Crippen molar-refractivity contribution >= 4 is 31.2 Å². The molecule has 1 atom stereocenters. The Morgan fingerprint density at radius 2 is 1.86 bits per heavy atom. The molecular weight excluding hydrogens is 356 g/mol. The third kappa shape index (κ3) is 3.88. The molecule has 1 nitrogen and oxygen atoms in total. The molecule has 140 valence electrons. The monoisotopic (exact) mass is 382 g/mol. The van der Waals surface area contributed by atoms with E-state index in [1.807, 2.05) is 19.1 Å². The number of allylic oxidation sites excluding steroid dienone is 7. The molecule has 0 spiro atoms. The van der Waals surface area contributed by atoms with Gasteiger partial charge in [-0.3, -0.25) is 0 Å². The normalized spacial score (nSPS) is 17.4. The first kappa shape index (κ1) is 18.5. The van der Waals surface area contributed by atoms with Gasteiger partial charge in [0.15, 0.2) is 0 Å². The predicted octanol–water partition coefficient (Wildman–Crippen LogP) is 5.87. The Morgan fingerprint density at radius 3 is 2.54 bits per heavy atom. The topological polar surface area (TPSA) is 13.1 Å². The number of rotatable bonds is 5. The van der Waals surface area contributed by atoms with Crippen LogP contribution in [0.2, 0.25) is 5.54 Å². The second kappa shape index (κ2) is 8.03. The summed E-state index contributed by atoms with van der Waals surface area (Å²) in [6, 6.07) is 19.2. The summed E-state index contributed by atoms with van der Waals surface area (Å²) in [7, 11) is -0.309. The number of fused-ring (bicyclic) bond motifs is 1. The van der Waals surface area contributed by atoms with Gasteiger partial charge in [-0.2, -0.15) is 0 Å². The van der Waals surface area contributed by atoms with E-state index in [-0.39, 0.29) is 9.52 Å². The van der Waals surface area contributed by atoms with Gasteiger partial charge in [-0.1, -0.05) is 84.1 Å². The van der Waals surface area contributed by atoms with E-state index in [4.69, 9.17) is 4.42 Å². The van der Waals surface area contributed by atoms with Gasteiger partial charge in [-0.05, 0) is 43.5 Å². The maximum atomic E-state index is 6.26. The number of para-hydroxylation sites is 1. The van der Waals surface area contributed by atoms with Gasteiger partial charge in [0.05, 0.1) is 9.52 Å². The maximum Gasteiger partial charge on any atom is 0.138 e. The number of hydrogen-bond acceptors (Lipinski definition) is 1.